The maximum Gasteiger partial charge on any atom is 0.264 e. The van der Waals surface area contributed by atoms with Crippen LogP contribution in [-0.4, -0.2) is 17.0 Å². The molecular formula is C20H17N3O2S. The van der Waals surface area contributed by atoms with Crippen LogP contribution in [0.4, 0.5) is 11.4 Å². The molecule has 2 N–H and O–H groups in total. The zero-order chi connectivity index (χ0) is 18.4. The monoisotopic (exact) mass is 363 g/mol. The van der Waals surface area contributed by atoms with E-state index in [1.165, 1.54) is 18.7 Å². The van der Waals surface area contributed by atoms with E-state index in [1.807, 2.05) is 42.5 Å². The highest BCUT2D eigenvalue weighted by Crippen LogP contribution is 2.26. The highest BCUT2D eigenvalue weighted by atomic mass is 32.2. The van der Waals surface area contributed by atoms with Gasteiger partial charge in [-0.05, 0) is 47.7 Å². The van der Waals surface area contributed by atoms with Crippen molar-refractivity contribution in [2.45, 2.75) is 6.92 Å². The molecule has 5 nitrogen and oxygen atoms in total. The number of rotatable bonds is 4. The molecule has 1 aliphatic rings. The maximum atomic E-state index is 12.0. The molecule has 0 bridgehead atoms. The van der Waals surface area contributed by atoms with Crippen LogP contribution in [0.25, 0.3) is 6.08 Å². The van der Waals surface area contributed by atoms with E-state index in [2.05, 4.69) is 15.6 Å². The Morgan fingerprint density at radius 1 is 1.12 bits per heavy atom. The Morgan fingerprint density at radius 2 is 1.85 bits per heavy atom. The summed E-state index contributed by atoms with van der Waals surface area (Å²) in [5.74, 6) is -0.289. The van der Waals surface area contributed by atoms with Gasteiger partial charge in [0, 0.05) is 12.6 Å². The maximum absolute atomic E-state index is 12.0. The molecule has 1 heterocycles. The van der Waals surface area contributed by atoms with Crippen LogP contribution < -0.4 is 10.6 Å². The number of anilines is 1. The highest BCUT2D eigenvalue weighted by molar-refractivity contribution is 8.18. The van der Waals surface area contributed by atoms with Gasteiger partial charge in [-0.3, -0.25) is 9.59 Å². The molecule has 0 aromatic heterocycles. The molecule has 0 atom stereocenters. The summed E-state index contributed by atoms with van der Waals surface area (Å²) in [5.41, 5.74) is 2.47. The molecule has 3 rings (SSSR count). The molecule has 26 heavy (non-hydrogen) atoms. The zero-order valence-electron chi connectivity index (χ0n) is 14.1. The quantitative estimate of drug-likeness (QED) is 0.804. The molecule has 2 aromatic carbocycles. The number of hydrogen-bond acceptors (Lipinski definition) is 4. The van der Waals surface area contributed by atoms with Crippen LogP contribution in [0.1, 0.15) is 12.5 Å². The summed E-state index contributed by atoms with van der Waals surface area (Å²) >= 11 is 1.29. The summed E-state index contributed by atoms with van der Waals surface area (Å²) in [7, 11) is 0. The highest BCUT2D eigenvalue weighted by Gasteiger charge is 2.23. The van der Waals surface area contributed by atoms with E-state index in [0.717, 1.165) is 5.56 Å². The Morgan fingerprint density at radius 3 is 2.54 bits per heavy atom. The second kappa shape index (κ2) is 8.31. The fourth-order valence-electron chi connectivity index (χ4n) is 2.25. The summed E-state index contributed by atoms with van der Waals surface area (Å²) in [6, 6.07) is 17.0. The molecule has 1 fully saturated rings. The van der Waals surface area contributed by atoms with Gasteiger partial charge in [0.25, 0.3) is 5.91 Å². The average Bonchev–Trinajstić information content (AvgIpc) is 2.96. The van der Waals surface area contributed by atoms with E-state index in [1.54, 1.807) is 30.3 Å². The third-order valence-corrected chi connectivity index (χ3v) is 4.33. The van der Waals surface area contributed by atoms with Crippen molar-refractivity contribution in [3.05, 3.63) is 77.2 Å². The van der Waals surface area contributed by atoms with Gasteiger partial charge >= 0.3 is 0 Å². The normalized spacial score (nSPS) is 17.0. The van der Waals surface area contributed by atoms with Crippen molar-refractivity contribution in [3.63, 3.8) is 0 Å². The average molecular weight is 363 g/mol. The first-order valence-corrected chi connectivity index (χ1v) is 8.81. The SMILES string of the molecule is CC(=O)Nc1ccc(N=C2NC(=O)/C(=C/C=C/c3ccccc3)S2)cc1. The first kappa shape index (κ1) is 17.7. The van der Waals surface area contributed by atoms with Crippen molar-refractivity contribution in [3.8, 4) is 0 Å². The van der Waals surface area contributed by atoms with Crippen molar-refractivity contribution < 1.29 is 9.59 Å². The number of carbonyl (C=O) groups is 2. The van der Waals surface area contributed by atoms with Gasteiger partial charge in [-0.1, -0.05) is 42.5 Å². The van der Waals surface area contributed by atoms with Crippen LogP contribution >= 0.6 is 11.8 Å². The Kier molecular flexibility index (Phi) is 5.66. The Balaban J connectivity index is 1.67. The minimum Gasteiger partial charge on any atom is -0.326 e. The van der Waals surface area contributed by atoms with Crippen LogP contribution in [-0.2, 0) is 9.59 Å². The summed E-state index contributed by atoms with van der Waals surface area (Å²) in [6.07, 6.45) is 5.56. The van der Waals surface area contributed by atoms with Gasteiger partial charge in [0.05, 0.1) is 10.6 Å². The van der Waals surface area contributed by atoms with Gasteiger partial charge in [-0.25, -0.2) is 4.99 Å². The molecular weight excluding hydrogens is 346 g/mol. The Hall–Kier alpha value is -3.12. The Labute approximate surface area is 155 Å². The van der Waals surface area contributed by atoms with Crippen LogP contribution in [0.5, 0.6) is 0 Å². The lowest BCUT2D eigenvalue weighted by Gasteiger charge is -2.02. The van der Waals surface area contributed by atoms with Crippen molar-refractivity contribution in [2.75, 3.05) is 5.32 Å². The van der Waals surface area contributed by atoms with Crippen molar-refractivity contribution >= 4 is 46.2 Å². The summed E-state index contributed by atoms with van der Waals surface area (Å²) < 4.78 is 0. The van der Waals surface area contributed by atoms with Crippen molar-refractivity contribution in [1.29, 1.82) is 0 Å². The van der Waals surface area contributed by atoms with E-state index in [-0.39, 0.29) is 11.8 Å². The first-order chi connectivity index (χ1) is 12.6. The number of hydrogen-bond donors (Lipinski definition) is 2. The number of thioether (sulfide) groups is 1. The van der Waals surface area contributed by atoms with Gasteiger partial charge in [-0.2, -0.15) is 0 Å². The van der Waals surface area contributed by atoms with Crippen LogP contribution in [0.3, 0.4) is 0 Å². The summed E-state index contributed by atoms with van der Waals surface area (Å²) in [5, 5.41) is 5.98. The topological polar surface area (TPSA) is 70.6 Å². The molecule has 1 saturated heterocycles. The van der Waals surface area contributed by atoms with Gasteiger partial charge in [0.15, 0.2) is 5.17 Å². The zero-order valence-corrected chi connectivity index (χ0v) is 14.9. The number of amidine groups is 1. The number of aliphatic imine (C=N–C) groups is 1. The van der Waals surface area contributed by atoms with Crippen LogP contribution in [0.15, 0.2) is 76.6 Å². The number of carbonyl (C=O) groups excluding carboxylic acids is 2. The molecule has 0 aliphatic carbocycles. The number of nitrogens with zero attached hydrogens (tertiary/aromatic N) is 1. The summed E-state index contributed by atoms with van der Waals surface area (Å²) in [6.45, 7) is 1.46. The van der Waals surface area contributed by atoms with Crippen LogP contribution in [0.2, 0.25) is 0 Å². The first-order valence-electron chi connectivity index (χ1n) is 7.99. The molecule has 130 valence electrons. The molecule has 0 unspecified atom stereocenters. The predicted octanol–water partition coefficient (Wildman–Crippen LogP) is 4.09. The minimum atomic E-state index is -0.165. The minimum absolute atomic E-state index is 0.124. The van der Waals surface area contributed by atoms with E-state index in [4.69, 9.17) is 0 Å². The van der Waals surface area contributed by atoms with Crippen molar-refractivity contribution in [2.24, 2.45) is 4.99 Å². The smallest absolute Gasteiger partial charge is 0.264 e. The lowest BCUT2D eigenvalue weighted by Crippen LogP contribution is -2.19. The molecule has 6 heteroatoms. The second-order valence-electron chi connectivity index (χ2n) is 5.50. The largest absolute Gasteiger partial charge is 0.326 e. The fraction of sp³-hybridized carbons (Fsp3) is 0.0500. The second-order valence-corrected chi connectivity index (χ2v) is 6.53. The molecule has 2 amide bonds. The fourth-order valence-corrected chi connectivity index (χ4v) is 3.04. The molecule has 0 saturated carbocycles. The number of nitrogens with one attached hydrogen (secondary N) is 2. The Bertz CT molecular complexity index is 900. The van der Waals surface area contributed by atoms with Crippen LogP contribution in [0, 0.1) is 0 Å². The standard InChI is InChI=1S/C20H17N3O2S/c1-14(24)21-16-10-12-17(13-11-16)22-20-23-19(25)18(26-20)9-5-8-15-6-3-2-4-7-15/h2-13H,1H3,(H,21,24)(H,22,23,25)/b8-5+,18-9-. The van der Waals surface area contributed by atoms with E-state index >= 15 is 0 Å². The molecule has 0 spiro atoms. The third kappa shape index (κ3) is 4.94. The summed E-state index contributed by atoms with van der Waals surface area (Å²) in [4.78, 5) is 28.1. The lowest BCUT2D eigenvalue weighted by molar-refractivity contribution is -0.115. The predicted molar refractivity (Wildman–Crippen MR) is 107 cm³/mol. The molecule has 1 aliphatic heterocycles. The van der Waals surface area contributed by atoms with Crippen molar-refractivity contribution in [1.82, 2.24) is 5.32 Å². The van der Waals surface area contributed by atoms with E-state index < -0.39 is 0 Å². The van der Waals surface area contributed by atoms with Gasteiger partial charge in [0.2, 0.25) is 5.91 Å². The van der Waals surface area contributed by atoms with Gasteiger partial charge < -0.3 is 10.6 Å². The molecule has 2 aromatic rings. The van der Waals surface area contributed by atoms with Gasteiger partial charge in [0.1, 0.15) is 0 Å². The van der Waals surface area contributed by atoms with E-state index in [9.17, 15) is 9.59 Å². The number of benzene rings is 2. The van der Waals surface area contributed by atoms with E-state index in [0.29, 0.717) is 21.4 Å². The number of allylic oxidation sites excluding steroid dienone is 2. The number of amides is 2. The lowest BCUT2D eigenvalue weighted by atomic mass is 10.2. The van der Waals surface area contributed by atoms with Gasteiger partial charge in [-0.15, -0.1) is 0 Å². The third-order valence-electron chi connectivity index (χ3n) is 3.41. The molecule has 0 radical (unpaired) electrons.